The first-order valence-corrected chi connectivity index (χ1v) is 6.03. The van der Waals surface area contributed by atoms with Crippen molar-refractivity contribution in [3.63, 3.8) is 0 Å². The van der Waals surface area contributed by atoms with Gasteiger partial charge in [-0.05, 0) is 18.2 Å². The zero-order valence-electron chi connectivity index (χ0n) is 9.85. The Morgan fingerprint density at radius 2 is 2.05 bits per heavy atom. The third-order valence-corrected chi connectivity index (χ3v) is 3.60. The summed E-state index contributed by atoms with van der Waals surface area (Å²) in [6.45, 7) is -1.49. The van der Waals surface area contributed by atoms with Gasteiger partial charge >= 0.3 is 0 Å². The molecule has 0 spiro atoms. The second kappa shape index (κ2) is 4.63. The van der Waals surface area contributed by atoms with Gasteiger partial charge in [-0.25, -0.2) is 17.6 Å². The van der Waals surface area contributed by atoms with E-state index in [1.165, 1.54) is 6.07 Å². The summed E-state index contributed by atoms with van der Waals surface area (Å²) in [6.07, 6.45) is -0.689. The van der Waals surface area contributed by atoms with E-state index in [2.05, 4.69) is 5.32 Å². The van der Waals surface area contributed by atoms with Crippen molar-refractivity contribution in [1.82, 2.24) is 5.32 Å². The number of hydrogen-bond donors (Lipinski definition) is 2. The molecule has 3 N–H and O–H groups in total. The van der Waals surface area contributed by atoms with Crippen LogP contribution in [0.25, 0.3) is 0 Å². The normalized spacial score (nSPS) is 26.0. The Balaban J connectivity index is 2.63. The Labute approximate surface area is 113 Å². The lowest BCUT2D eigenvalue weighted by Crippen LogP contribution is -2.62. The number of thiocarbonyl (C=S) groups is 1. The minimum atomic E-state index is -3.46. The van der Waals surface area contributed by atoms with Crippen LogP contribution in [0.1, 0.15) is 18.4 Å². The van der Waals surface area contributed by atoms with Crippen molar-refractivity contribution in [2.75, 3.05) is 12.4 Å². The summed E-state index contributed by atoms with van der Waals surface area (Å²) in [6, 6.07) is 3.19. The molecule has 1 aliphatic heterocycles. The monoisotopic (exact) mass is 292 g/mol. The summed E-state index contributed by atoms with van der Waals surface area (Å²) in [7, 11) is 0. The highest BCUT2D eigenvalue weighted by Crippen LogP contribution is 2.45. The number of hydrogen-bond acceptors (Lipinski definition) is 2. The second-order valence-corrected chi connectivity index (χ2v) is 5.02. The van der Waals surface area contributed by atoms with Crippen LogP contribution in [-0.2, 0) is 5.54 Å². The molecule has 2 rings (SSSR count). The molecule has 1 atom stereocenters. The third kappa shape index (κ3) is 2.16. The molecule has 1 unspecified atom stereocenters. The molecule has 0 amide bonds. The van der Waals surface area contributed by atoms with Gasteiger partial charge in [-0.15, -0.1) is 0 Å². The molecule has 2 nitrogen and oxygen atoms in total. The fourth-order valence-corrected chi connectivity index (χ4v) is 2.49. The topological polar surface area (TPSA) is 38.0 Å². The van der Waals surface area contributed by atoms with E-state index in [-0.39, 0.29) is 17.1 Å². The first-order chi connectivity index (χ1) is 8.82. The maximum atomic E-state index is 14.1. The summed E-state index contributed by atoms with van der Waals surface area (Å²) in [4.78, 5) is 0.0883. The van der Waals surface area contributed by atoms with Crippen LogP contribution in [0, 0.1) is 5.82 Å². The largest absolute Gasteiger partial charge is 0.399 e. The van der Waals surface area contributed by atoms with Crippen LogP contribution in [0.15, 0.2) is 18.2 Å². The highest BCUT2D eigenvalue weighted by molar-refractivity contribution is 7.80. The fraction of sp³-hybridized carbons (Fsp3) is 0.417. The summed E-state index contributed by atoms with van der Waals surface area (Å²) >= 11 is 4.83. The smallest absolute Gasteiger partial charge is 0.277 e. The number of nitrogen functional groups attached to an aromatic ring is 1. The van der Waals surface area contributed by atoms with Crippen molar-refractivity contribution in [1.29, 1.82) is 0 Å². The van der Waals surface area contributed by atoms with Crippen LogP contribution in [0.3, 0.4) is 0 Å². The molecule has 1 aliphatic rings. The van der Waals surface area contributed by atoms with Gasteiger partial charge in [-0.1, -0.05) is 12.2 Å². The van der Waals surface area contributed by atoms with E-state index < -0.39 is 35.9 Å². The number of halogens is 4. The Morgan fingerprint density at radius 3 is 2.68 bits per heavy atom. The second-order valence-electron chi connectivity index (χ2n) is 4.53. The van der Waals surface area contributed by atoms with Gasteiger partial charge in [-0.2, -0.15) is 0 Å². The molecule has 0 aliphatic carbocycles. The van der Waals surface area contributed by atoms with E-state index in [0.29, 0.717) is 0 Å². The summed E-state index contributed by atoms with van der Waals surface area (Å²) < 4.78 is 55.5. The number of nitrogens with two attached hydrogens (primary N) is 1. The van der Waals surface area contributed by atoms with Crippen molar-refractivity contribution in [2.45, 2.75) is 24.3 Å². The molecule has 1 heterocycles. The molecule has 0 aromatic heterocycles. The standard InChI is InChI=1S/C12H12F4N2S/c13-6-11(8-5-7(17)1-2-9(8)14)12(15,16)4-3-10(19)18-11/h1-2,5H,3-4,6,17H2,(H,18,19). The average molecular weight is 292 g/mol. The minimum absolute atomic E-state index is 0.0615. The fourth-order valence-electron chi connectivity index (χ4n) is 2.21. The predicted molar refractivity (Wildman–Crippen MR) is 68.4 cm³/mol. The Bertz CT molecular complexity index is 520. The molecule has 0 saturated carbocycles. The number of rotatable bonds is 2. The van der Waals surface area contributed by atoms with Crippen molar-refractivity contribution >= 4 is 22.9 Å². The Hall–Kier alpha value is -1.37. The zero-order valence-corrected chi connectivity index (χ0v) is 10.7. The van der Waals surface area contributed by atoms with Crippen LogP contribution >= 0.6 is 12.2 Å². The lowest BCUT2D eigenvalue weighted by atomic mass is 9.79. The molecule has 1 fully saturated rings. The summed E-state index contributed by atoms with van der Waals surface area (Å²) in [5.41, 5.74) is 2.58. The maximum absolute atomic E-state index is 14.1. The van der Waals surface area contributed by atoms with Crippen molar-refractivity contribution < 1.29 is 17.6 Å². The molecule has 0 bridgehead atoms. The van der Waals surface area contributed by atoms with E-state index >= 15 is 0 Å². The first-order valence-electron chi connectivity index (χ1n) is 5.63. The maximum Gasteiger partial charge on any atom is 0.277 e. The van der Waals surface area contributed by atoms with Gasteiger partial charge in [0.25, 0.3) is 5.92 Å². The molecule has 19 heavy (non-hydrogen) atoms. The molecule has 104 valence electrons. The Kier molecular flexibility index (Phi) is 3.42. The number of alkyl halides is 3. The number of anilines is 1. The molecule has 7 heteroatoms. The highest BCUT2D eigenvalue weighted by Gasteiger charge is 2.58. The number of nitrogens with one attached hydrogen (secondary N) is 1. The van der Waals surface area contributed by atoms with Gasteiger partial charge in [0.1, 0.15) is 12.5 Å². The van der Waals surface area contributed by atoms with Crippen LogP contribution < -0.4 is 11.1 Å². The van der Waals surface area contributed by atoms with Gasteiger partial charge in [0.2, 0.25) is 0 Å². The quantitative estimate of drug-likeness (QED) is 0.500. The highest BCUT2D eigenvalue weighted by atomic mass is 32.1. The third-order valence-electron chi connectivity index (χ3n) is 3.29. The van der Waals surface area contributed by atoms with Crippen molar-refractivity contribution in [2.24, 2.45) is 0 Å². The minimum Gasteiger partial charge on any atom is -0.399 e. The van der Waals surface area contributed by atoms with Gasteiger partial charge in [0, 0.05) is 24.1 Å². The predicted octanol–water partition coefficient (Wildman–Crippen LogP) is 2.92. The number of piperidine rings is 1. The molecule has 1 aromatic carbocycles. The van der Waals surface area contributed by atoms with E-state index in [4.69, 9.17) is 18.0 Å². The summed E-state index contributed by atoms with van der Waals surface area (Å²) in [5, 5.41) is 2.27. The molecule has 1 saturated heterocycles. The van der Waals surface area contributed by atoms with Crippen molar-refractivity contribution in [3.05, 3.63) is 29.6 Å². The molecule has 0 radical (unpaired) electrons. The summed E-state index contributed by atoms with van der Waals surface area (Å²) in [5.74, 6) is -4.40. The van der Waals surface area contributed by atoms with Crippen LogP contribution in [0.4, 0.5) is 23.2 Å². The lowest BCUT2D eigenvalue weighted by molar-refractivity contribution is -0.109. The van der Waals surface area contributed by atoms with Gasteiger partial charge in [0.15, 0.2) is 5.54 Å². The zero-order chi connectivity index (χ0) is 14.3. The molecule has 1 aromatic rings. The molecular formula is C12H12F4N2S. The van der Waals surface area contributed by atoms with Gasteiger partial charge in [0.05, 0.1) is 4.99 Å². The van der Waals surface area contributed by atoms with E-state index in [1.807, 2.05) is 0 Å². The average Bonchev–Trinajstić information content (AvgIpc) is 2.35. The number of benzene rings is 1. The SMILES string of the molecule is Nc1ccc(F)c(C2(CF)NC(=S)CCC2(F)F)c1. The van der Waals surface area contributed by atoms with Crippen LogP contribution in [-0.4, -0.2) is 17.6 Å². The van der Waals surface area contributed by atoms with E-state index in [0.717, 1.165) is 12.1 Å². The van der Waals surface area contributed by atoms with Crippen LogP contribution in [0.5, 0.6) is 0 Å². The molecular weight excluding hydrogens is 280 g/mol. The Morgan fingerprint density at radius 1 is 1.37 bits per heavy atom. The van der Waals surface area contributed by atoms with Crippen molar-refractivity contribution in [3.8, 4) is 0 Å². The van der Waals surface area contributed by atoms with E-state index in [1.54, 1.807) is 0 Å². The first kappa shape index (κ1) is 14.0. The van der Waals surface area contributed by atoms with Gasteiger partial charge < -0.3 is 11.1 Å². The van der Waals surface area contributed by atoms with Crippen LogP contribution in [0.2, 0.25) is 0 Å². The van der Waals surface area contributed by atoms with Gasteiger partial charge in [-0.3, -0.25) is 0 Å². The lowest BCUT2D eigenvalue weighted by Gasteiger charge is -2.43. The van der Waals surface area contributed by atoms with E-state index in [9.17, 15) is 17.6 Å².